The van der Waals surface area contributed by atoms with Crippen molar-refractivity contribution in [2.24, 2.45) is 5.41 Å². The molecule has 244 valence electrons. The number of aryl methyl sites for hydroxylation is 2. The summed E-state index contributed by atoms with van der Waals surface area (Å²) in [5, 5.41) is 23.3. The molecule has 1 saturated heterocycles. The van der Waals surface area contributed by atoms with Gasteiger partial charge in [0.25, 0.3) is 0 Å². The first-order valence-corrected chi connectivity index (χ1v) is 16.5. The van der Waals surface area contributed by atoms with Crippen LogP contribution in [0.5, 0.6) is 0 Å². The van der Waals surface area contributed by atoms with Gasteiger partial charge in [-0.2, -0.15) is 9.61 Å². The largest absolute Gasteiger partial charge is 0.481 e. The molecule has 0 amide bonds. The summed E-state index contributed by atoms with van der Waals surface area (Å²) in [5.74, 6) is -0.00201. The summed E-state index contributed by atoms with van der Waals surface area (Å²) in [6.45, 7) is 15.1. The third-order valence-corrected chi connectivity index (χ3v) is 8.23. The van der Waals surface area contributed by atoms with Crippen LogP contribution in [-0.2, 0) is 17.6 Å². The number of aliphatic carboxylic acids is 1. The van der Waals surface area contributed by atoms with E-state index in [-0.39, 0.29) is 11.8 Å². The van der Waals surface area contributed by atoms with Crippen molar-refractivity contribution in [1.29, 1.82) is 0 Å². The molecule has 7 heteroatoms. The summed E-state index contributed by atoms with van der Waals surface area (Å²) in [6.07, 6.45) is 12.8. The first-order valence-electron chi connectivity index (χ1n) is 16.5. The zero-order chi connectivity index (χ0) is 33.5. The molecule has 1 fully saturated rings. The van der Waals surface area contributed by atoms with Crippen molar-refractivity contribution in [3.63, 3.8) is 0 Å². The molecule has 46 heavy (non-hydrogen) atoms. The predicted molar refractivity (Wildman–Crippen MR) is 189 cm³/mol. The summed E-state index contributed by atoms with van der Waals surface area (Å²) < 4.78 is 1.87. The van der Waals surface area contributed by atoms with E-state index in [2.05, 4.69) is 84.7 Å². The molecule has 0 atom stereocenters. The number of hydrogen-bond donors (Lipinski definition) is 2. The van der Waals surface area contributed by atoms with Gasteiger partial charge in [-0.1, -0.05) is 87.5 Å². The summed E-state index contributed by atoms with van der Waals surface area (Å²) in [7, 11) is 0. The Morgan fingerprint density at radius 2 is 1.65 bits per heavy atom. The van der Waals surface area contributed by atoms with Gasteiger partial charge in [-0.25, -0.2) is 4.98 Å². The van der Waals surface area contributed by atoms with Gasteiger partial charge in [0.15, 0.2) is 5.65 Å². The van der Waals surface area contributed by atoms with Crippen LogP contribution in [0.1, 0.15) is 77.6 Å². The van der Waals surface area contributed by atoms with Crippen LogP contribution < -0.4 is 4.90 Å². The van der Waals surface area contributed by atoms with Crippen molar-refractivity contribution in [1.82, 2.24) is 14.6 Å². The predicted octanol–water partition coefficient (Wildman–Crippen LogP) is 8.47. The van der Waals surface area contributed by atoms with Gasteiger partial charge in [-0.05, 0) is 81.5 Å². The van der Waals surface area contributed by atoms with Gasteiger partial charge < -0.3 is 15.1 Å². The monoisotopic (exact) mass is 622 g/mol. The Labute approximate surface area is 274 Å². The highest BCUT2D eigenvalue weighted by atomic mass is 16.4. The molecule has 2 N–H and O–H groups in total. The first-order chi connectivity index (χ1) is 21.9. The van der Waals surface area contributed by atoms with Gasteiger partial charge in [0.05, 0.1) is 17.7 Å². The standard InChI is InChI=1S/C33H34N4O2.C4H10O.C2H6/c1-23-28(21-31(38)39)32-36-18-16-33(2,17-19-36)15-8-4-3-5-10-24-11-6-7-14-27(24)25-12-9-13-26(20-25)29-22-30(34-23)37(32)35-29;1-4(2,3)5;1-2/h3-4,6-9,11-15,20,22H,5,10,16-19,21H2,1-2H3,(H,38,39);5H,1-3H3;1-2H3/b4-3+,15-8+;;. The minimum absolute atomic E-state index is 0.0793. The Hall–Kier alpha value is -4.23. The van der Waals surface area contributed by atoms with Gasteiger partial charge in [0.1, 0.15) is 5.82 Å². The van der Waals surface area contributed by atoms with Crippen molar-refractivity contribution < 1.29 is 15.0 Å². The number of aromatic nitrogens is 3. The second-order valence-electron chi connectivity index (χ2n) is 13.2. The van der Waals surface area contributed by atoms with E-state index < -0.39 is 11.6 Å². The fourth-order valence-corrected chi connectivity index (χ4v) is 5.92. The van der Waals surface area contributed by atoms with Crippen LogP contribution in [0.15, 0.2) is 78.9 Å². The minimum atomic E-state index is -0.860. The summed E-state index contributed by atoms with van der Waals surface area (Å²) in [6, 6.07) is 19.2. The lowest BCUT2D eigenvalue weighted by Crippen LogP contribution is -2.39. The number of benzene rings is 2. The van der Waals surface area contributed by atoms with Crippen LogP contribution in [0.4, 0.5) is 5.82 Å². The van der Waals surface area contributed by atoms with Gasteiger partial charge in [-0.15, -0.1) is 0 Å². The Balaban J connectivity index is 0.000000628. The first kappa shape index (κ1) is 34.6. The number of anilines is 1. The van der Waals surface area contributed by atoms with Crippen molar-refractivity contribution in [3.05, 3.63) is 95.7 Å². The quantitative estimate of drug-likeness (QED) is 0.233. The average Bonchev–Trinajstić information content (AvgIpc) is 3.43. The Morgan fingerprint density at radius 1 is 0.978 bits per heavy atom. The lowest BCUT2D eigenvalue weighted by molar-refractivity contribution is -0.136. The van der Waals surface area contributed by atoms with Crippen LogP contribution in [0.25, 0.3) is 28.0 Å². The molecular weight excluding hydrogens is 572 g/mol. The number of hydrogen-bond acceptors (Lipinski definition) is 5. The normalized spacial score (nSPS) is 16.9. The van der Waals surface area contributed by atoms with Crippen molar-refractivity contribution >= 4 is 17.4 Å². The number of carbonyl (C=O) groups is 1. The van der Waals surface area contributed by atoms with E-state index in [1.807, 2.05) is 31.4 Å². The SMILES string of the molecule is CC.CC(C)(C)O.Cc1nc2cc3nn2c(c1CC(=O)O)N1CCC(C)(/C=C/C=C/CCc2ccccc2-c2cccc-3c2)CC1. The van der Waals surface area contributed by atoms with E-state index in [1.54, 1.807) is 20.8 Å². The molecule has 0 radical (unpaired) electrons. The molecule has 2 aromatic heterocycles. The minimum Gasteiger partial charge on any atom is -0.481 e. The highest BCUT2D eigenvalue weighted by Gasteiger charge is 2.31. The smallest absolute Gasteiger partial charge is 0.308 e. The Kier molecular flexibility index (Phi) is 11.2. The molecule has 5 heterocycles. The highest BCUT2D eigenvalue weighted by Crippen LogP contribution is 2.37. The van der Waals surface area contributed by atoms with E-state index in [1.165, 1.54) is 11.1 Å². The van der Waals surface area contributed by atoms with Gasteiger partial charge in [-0.3, -0.25) is 4.79 Å². The van der Waals surface area contributed by atoms with Crippen LogP contribution in [0.3, 0.4) is 0 Å². The number of carboxylic acid groups (broad SMARTS) is 1. The van der Waals surface area contributed by atoms with Crippen LogP contribution in [-0.4, -0.2) is 49.5 Å². The zero-order valence-corrected chi connectivity index (χ0v) is 28.5. The van der Waals surface area contributed by atoms with E-state index in [9.17, 15) is 9.90 Å². The third kappa shape index (κ3) is 8.73. The van der Waals surface area contributed by atoms with Crippen molar-refractivity contribution in [2.45, 2.75) is 86.2 Å². The Morgan fingerprint density at radius 3 is 2.35 bits per heavy atom. The van der Waals surface area contributed by atoms with Crippen LogP contribution >= 0.6 is 0 Å². The molecular formula is C39H50N4O3. The second kappa shape index (κ2) is 14.9. The van der Waals surface area contributed by atoms with E-state index in [0.717, 1.165) is 78.3 Å². The number of fused-ring (bicyclic) bond motifs is 5. The lowest BCUT2D eigenvalue weighted by atomic mass is 9.80. The van der Waals surface area contributed by atoms with E-state index in [0.29, 0.717) is 0 Å². The molecule has 3 aliphatic heterocycles. The molecule has 0 unspecified atom stereocenters. The maximum atomic E-state index is 11.9. The topological polar surface area (TPSA) is 91.0 Å². The van der Waals surface area contributed by atoms with Crippen LogP contribution in [0, 0.1) is 12.3 Å². The molecule has 0 saturated carbocycles. The lowest BCUT2D eigenvalue weighted by Gasteiger charge is -2.39. The number of allylic oxidation sites excluding steroid dienone is 4. The Bertz CT molecular complexity index is 1700. The molecule has 7 nitrogen and oxygen atoms in total. The van der Waals surface area contributed by atoms with Crippen molar-refractivity contribution in [3.8, 4) is 22.4 Å². The fraction of sp³-hybridized carbons (Fsp3) is 0.410. The maximum Gasteiger partial charge on any atom is 0.308 e. The summed E-state index contributed by atoms with van der Waals surface area (Å²) in [4.78, 5) is 19.0. The summed E-state index contributed by atoms with van der Waals surface area (Å²) in [5.41, 5.74) is 7.39. The van der Waals surface area contributed by atoms with Crippen LogP contribution in [0.2, 0.25) is 0 Å². The number of rotatable bonds is 2. The molecule has 0 spiro atoms. The molecule has 3 aliphatic rings. The van der Waals surface area contributed by atoms with E-state index in [4.69, 9.17) is 15.2 Å². The van der Waals surface area contributed by atoms with Gasteiger partial charge in [0, 0.05) is 36.0 Å². The van der Waals surface area contributed by atoms with Gasteiger partial charge in [0.2, 0.25) is 0 Å². The number of carboxylic acids is 1. The fourth-order valence-electron chi connectivity index (χ4n) is 5.92. The number of nitrogens with zero attached hydrogens (tertiary/aromatic N) is 4. The number of aliphatic hydroxyl groups is 1. The molecule has 7 rings (SSSR count). The van der Waals surface area contributed by atoms with Gasteiger partial charge >= 0.3 is 5.97 Å². The summed E-state index contributed by atoms with van der Waals surface area (Å²) >= 11 is 0. The third-order valence-electron chi connectivity index (χ3n) is 8.23. The maximum absolute atomic E-state index is 11.9. The molecule has 0 aliphatic carbocycles. The average molecular weight is 623 g/mol. The zero-order valence-electron chi connectivity index (χ0n) is 28.5. The molecule has 4 aromatic rings. The van der Waals surface area contributed by atoms with E-state index >= 15 is 0 Å². The highest BCUT2D eigenvalue weighted by molar-refractivity contribution is 5.77. The number of piperidine rings is 1. The molecule has 6 bridgehead atoms. The molecule has 2 aromatic carbocycles. The van der Waals surface area contributed by atoms with Crippen molar-refractivity contribution in [2.75, 3.05) is 18.0 Å². The second-order valence-corrected chi connectivity index (χ2v) is 13.2.